The van der Waals surface area contributed by atoms with E-state index in [9.17, 15) is 24.8 Å². The van der Waals surface area contributed by atoms with Crippen LogP contribution in [0.15, 0.2) is 72.4 Å². The number of halogens is 1. The molecule has 0 amide bonds. The Balaban J connectivity index is 1.94. The Morgan fingerprint density at radius 1 is 1.14 bits per heavy atom. The van der Waals surface area contributed by atoms with Gasteiger partial charge < -0.3 is 34.6 Å². The van der Waals surface area contributed by atoms with Crippen LogP contribution in [-0.2, 0) is 14.2 Å². The van der Waals surface area contributed by atoms with Crippen LogP contribution < -0.4 is 0 Å². The Hall–Kier alpha value is -2.21. The zero-order valence-corrected chi connectivity index (χ0v) is 20.6. The number of hydrogen-bond acceptors (Lipinski definition) is 8. The molecule has 0 aliphatic carbocycles. The van der Waals surface area contributed by atoms with Gasteiger partial charge in [0.15, 0.2) is 0 Å². The predicted octanol–water partition coefficient (Wildman–Crippen LogP) is 3.12. The van der Waals surface area contributed by atoms with Gasteiger partial charge in [0.1, 0.15) is 36.3 Å². The smallest absolute Gasteiger partial charge is 0.224 e. The summed E-state index contributed by atoms with van der Waals surface area (Å²) in [6, 6.07) is 10.1. The number of aliphatic hydroxyl groups excluding tert-OH is 4. The van der Waals surface area contributed by atoms with Gasteiger partial charge in [-0.3, -0.25) is 0 Å². The van der Waals surface area contributed by atoms with Gasteiger partial charge in [-0.05, 0) is 36.8 Å². The molecular formula is C26H31FO7S. The molecule has 2 heterocycles. The molecule has 190 valence electrons. The Kier molecular flexibility index (Phi) is 9.51. The first-order valence-electron chi connectivity index (χ1n) is 11.1. The number of ether oxygens (including phenoxy) is 3. The third kappa shape index (κ3) is 5.79. The molecule has 0 bridgehead atoms. The lowest BCUT2D eigenvalue weighted by atomic mass is 9.87. The fourth-order valence-corrected chi connectivity index (χ4v) is 4.98. The van der Waals surface area contributed by atoms with E-state index in [1.165, 1.54) is 30.6 Å². The molecule has 6 atom stereocenters. The summed E-state index contributed by atoms with van der Waals surface area (Å²) in [5, 5.41) is 41.1. The molecular weight excluding hydrogens is 475 g/mol. The van der Waals surface area contributed by atoms with Gasteiger partial charge in [0.2, 0.25) is 5.79 Å². The van der Waals surface area contributed by atoms with Gasteiger partial charge >= 0.3 is 0 Å². The summed E-state index contributed by atoms with van der Waals surface area (Å²) >= 11 is 1.49. The largest absolute Gasteiger partial charge is 0.394 e. The lowest BCUT2D eigenvalue weighted by Crippen LogP contribution is -2.66. The van der Waals surface area contributed by atoms with Gasteiger partial charge in [-0.25, -0.2) is 4.39 Å². The van der Waals surface area contributed by atoms with Crippen LogP contribution in [0.5, 0.6) is 0 Å². The second-order valence-corrected chi connectivity index (χ2v) is 9.12. The lowest BCUT2D eigenvalue weighted by Gasteiger charge is -2.48. The minimum atomic E-state index is -1.85. The van der Waals surface area contributed by atoms with Crippen LogP contribution in [-0.4, -0.2) is 71.5 Å². The zero-order chi connectivity index (χ0) is 25.6. The topological polar surface area (TPSA) is 109 Å². The number of allylic oxidation sites excluding steroid dienone is 3. The normalized spacial score (nSPS) is 28.7. The van der Waals surface area contributed by atoms with Crippen molar-refractivity contribution in [3.05, 3.63) is 83.0 Å². The lowest BCUT2D eigenvalue weighted by molar-refractivity contribution is -0.338. The third-order valence-corrected chi connectivity index (χ3v) is 7.06. The maximum atomic E-state index is 13.3. The number of aliphatic hydroxyl groups is 4. The monoisotopic (exact) mass is 506 g/mol. The average Bonchev–Trinajstić information content (AvgIpc) is 3.36. The average molecular weight is 507 g/mol. The SMILES string of the molecule is C/C=C/C=C(\C=C\C(OC)c1ccc(-c2ccc(F)cc2)s1)[C@]1(OC)O[C@H](CO)[C@@H](O)[C@H](O)C1O. The molecule has 1 aromatic heterocycles. The third-order valence-electron chi connectivity index (χ3n) is 5.86. The van der Waals surface area contributed by atoms with Gasteiger partial charge in [-0.1, -0.05) is 42.5 Å². The molecule has 1 fully saturated rings. The van der Waals surface area contributed by atoms with Crippen molar-refractivity contribution in [1.29, 1.82) is 0 Å². The Labute approximate surface area is 208 Å². The molecule has 7 nitrogen and oxygen atoms in total. The molecule has 9 heteroatoms. The summed E-state index contributed by atoms with van der Waals surface area (Å²) in [6.07, 6.45) is 2.13. The highest BCUT2D eigenvalue weighted by molar-refractivity contribution is 7.15. The highest BCUT2D eigenvalue weighted by atomic mass is 32.1. The van der Waals surface area contributed by atoms with E-state index in [2.05, 4.69) is 0 Å². The van der Waals surface area contributed by atoms with Crippen LogP contribution in [0.2, 0.25) is 0 Å². The number of methoxy groups -OCH3 is 2. The maximum absolute atomic E-state index is 13.3. The second-order valence-electron chi connectivity index (χ2n) is 8.01. The summed E-state index contributed by atoms with van der Waals surface area (Å²) < 4.78 is 30.3. The summed E-state index contributed by atoms with van der Waals surface area (Å²) in [5.41, 5.74) is 1.22. The number of thiophene rings is 1. The molecule has 1 saturated heterocycles. The minimum absolute atomic E-state index is 0.302. The van der Waals surface area contributed by atoms with Crippen molar-refractivity contribution in [2.24, 2.45) is 0 Å². The molecule has 0 radical (unpaired) electrons. The predicted molar refractivity (Wildman–Crippen MR) is 131 cm³/mol. The van der Waals surface area contributed by atoms with Crippen LogP contribution in [0.25, 0.3) is 10.4 Å². The van der Waals surface area contributed by atoms with Crippen molar-refractivity contribution in [3.63, 3.8) is 0 Å². The van der Waals surface area contributed by atoms with Gasteiger partial charge in [-0.2, -0.15) is 0 Å². The van der Waals surface area contributed by atoms with Crippen molar-refractivity contribution >= 4 is 11.3 Å². The van der Waals surface area contributed by atoms with E-state index in [1.54, 1.807) is 49.6 Å². The van der Waals surface area contributed by atoms with Crippen molar-refractivity contribution < 1.29 is 39.0 Å². The van der Waals surface area contributed by atoms with E-state index >= 15 is 0 Å². The van der Waals surface area contributed by atoms with Gasteiger partial charge in [0.25, 0.3) is 0 Å². The number of rotatable bonds is 9. The van der Waals surface area contributed by atoms with E-state index in [0.717, 1.165) is 15.3 Å². The van der Waals surface area contributed by atoms with E-state index in [-0.39, 0.29) is 5.82 Å². The molecule has 0 saturated carbocycles. The van der Waals surface area contributed by atoms with E-state index in [4.69, 9.17) is 14.2 Å². The fraction of sp³-hybridized carbons (Fsp3) is 0.385. The highest BCUT2D eigenvalue weighted by Gasteiger charge is 2.55. The zero-order valence-electron chi connectivity index (χ0n) is 19.7. The van der Waals surface area contributed by atoms with E-state index < -0.39 is 42.9 Å². The van der Waals surface area contributed by atoms with Crippen molar-refractivity contribution in [3.8, 4) is 10.4 Å². The summed E-state index contributed by atoms with van der Waals surface area (Å²) in [6.45, 7) is 1.23. The number of hydrogen-bond donors (Lipinski definition) is 4. The van der Waals surface area contributed by atoms with Crippen LogP contribution in [0, 0.1) is 5.82 Å². The molecule has 1 aliphatic rings. The Morgan fingerprint density at radius 2 is 1.86 bits per heavy atom. The molecule has 1 aliphatic heterocycles. The first-order chi connectivity index (χ1) is 16.8. The van der Waals surface area contributed by atoms with Crippen molar-refractivity contribution in [1.82, 2.24) is 0 Å². The Bertz CT molecular complexity index is 1050. The second kappa shape index (κ2) is 12.2. The first kappa shape index (κ1) is 27.4. The number of benzene rings is 1. The summed E-state index contributed by atoms with van der Waals surface area (Å²) in [5.74, 6) is -2.15. The van der Waals surface area contributed by atoms with Crippen LogP contribution >= 0.6 is 11.3 Å². The first-order valence-corrected chi connectivity index (χ1v) is 11.9. The summed E-state index contributed by atoms with van der Waals surface area (Å²) in [4.78, 5) is 1.83. The van der Waals surface area contributed by atoms with Crippen molar-refractivity contribution in [2.75, 3.05) is 20.8 Å². The van der Waals surface area contributed by atoms with Gasteiger partial charge in [-0.15, -0.1) is 11.3 Å². The van der Waals surface area contributed by atoms with Gasteiger partial charge in [0.05, 0.1) is 6.61 Å². The van der Waals surface area contributed by atoms with Crippen molar-refractivity contribution in [2.45, 2.75) is 43.2 Å². The maximum Gasteiger partial charge on any atom is 0.224 e. The van der Waals surface area contributed by atoms with Gasteiger partial charge in [0, 0.05) is 29.5 Å². The molecule has 4 N–H and O–H groups in total. The molecule has 1 aromatic carbocycles. The van der Waals surface area contributed by atoms with E-state index in [0.29, 0.717) is 5.57 Å². The van der Waals surface area contributed by atoms with Crippen LogP contribution in [0.4, 0.5) is 4.39 Å². The summed E-state index contributed by atoms with van der Waals surface area (Å²) in [7, 11) is 2.86. The quantitative estimate of drug-likeness (QED) is 0.387. The van der Waals surface area contributed by atoms with Crippen LogP contribution in [0.3, 0.4) is 0 Å². The molecule has 2 aromatic rings. The van der Waals surface area contributed by atoms with Crippen LogP contribution in [0.1, 0.15) is 17.9 Å². The highest BCUT2D eigenvalue weighted by Crippen LogP contribution is 2.39. The molecule has 2 unspecified atom stereocenters. The molecule has 0 spiro atoms. The molecule has 35 heavy (non-hydrogen) atoms. The molecule has 3 rings (SSSR count). The fourth-order valence-electron chi connectivity index (χ4n) is 3.91. The van der Waals surface area contributed by atoms with E-state index in [1.807, 2.05) is 19.1 Å². The standard InChI is InChI=1S/C26H31FO7S/c1-4-5-6-17(26(33-3)25(31)24(30)23(29)20(15-28)34-26)9-12-19(32-2)22-14-13-21(35-22)16-7-10-18(27)11-8-16/h4-14,19-20,23-25,28-31H,15H2,1-3H3/b5-4+,12-9+,17-6+/t19?,20-,23-,24+,25?,26+/m1/s1. The Morgan fingerprint density at radius 3 is 2.46 bits per heavy atom. The minimum Gasteiger partial charge on any atom is -0.394 e.